The molecule has 0 spiro atoms. The average molecular weight is 341 g/mol. The fourth-order valence-corrected chi connectivity index (χ4v) is 2.80. The maximum atomic E-state index is 12.5. The molecule has 5 heteroatoms. The molecule has 2 aromatic rings. The smallest absolute Gasteiger partial charge is 0.348 e. The van der Waals surface area contributed by atoms with Gasteiger partial charge in [-0.3, -0.25) is 0 Å². The molecule has 0 aliphatic carbocycles. The van der Waals surface area contributed by atoms with Gasteiger partial charge in [0.2, 0.25) is 0 Å². The minimum Gasteiger partial charge on any atom is -0.418 e. The Balaban J connectivity index is 2.04. The van der Waals surface area contributed by atoms with Gasteiger partial charge in [-0.25, -0.2) is 9.59 Å². The number of aromatic nitrogens is 1. The number of hydrogen-bond donors (Lipinski definition) is 0. The number of carbonyl (C=O) groups is 2. The first-order valence-corrected chi connectivity index (χ1v) is 8.42. The molecule has 1 aliphatic heterocycles. The molecule has 3 rings (SSSR count). The third-order valence-corrected chi connectivity index (χ3v) is 4.84. The van der Waals surface area contributed by atoms with Crippen LogP contribution in [0.25, 0.3) is 17.0 Å². The summed E-state index contributed by atoms with van der Waals surface area (Å²) in [4.78, 5) is 25.0. The minimum absolute atomic E-state index is 0.0827. The quantitative estimate of drug-likeness (QED) is 0.472. The summed E-state index contributed by atoms with van der Waals surface area (Å²) in [5.41, 5.74) is 1.23. The van der Waals surface area contributed by atoms with E-state index in [1.165, 1.54) is 0 Å². The van der Waals surface area contributed by atoms with Crippen LogP contribution in [0, 0.1) is 5.41 Å². The van der Waals surface area contributed by atoms with Crippen molar-refractivity contribution in [2.45, 2.75) is 47.0 Å². The molecule has 2 heterocycles. The number of carbonyl (C=O) groups excluding carboxylic acids is 2. The number of benzene rings is 1. The summed E-state index contributed by atoms with van der Waals surface area (Å²) < 4.78 is 13.0. The van der Waals surface area contributed by atoms with Crippen molar-refractivity contribution in [2.75, 3.05) is 0 Å². The maximum absolute atomic E-state index is 12.5. The second-order valence-corrected chi connectivity index (χ2v) is 7.42. The fraction of sp³-hybridized carbons (Fsp3) is 0.400. The molecule has 132 valence electrons. The second kappa shape index (κ2) is 5.76. The van der Waals surface area contributed by atoms with E-state index in [0.29, 0.717) is 0 Å². The highest BCUT2D eigenvalue weighted by molar-refractivity contribution is 6.19. The van der Waals surface area contributed by atoms with Crippen LogP contribution in [0.15, 0.2) is 36.0 Å². The lowest BCUT2D eigenvalue weighted by atomic mass is 9.85. The van der Waals surface area contributed by atoms with Crippen LogP contribution in [0.5, 0.6) is 0 Å². The number of rotatable bonds is 2. The Hall–Kier alpha value is -2.56. The Morgan fingerprint density at radius 2 is 1.72 bits per heavy atom. The average Bonchev–Trinajstić information content (AvgIpc) is 2.88. The largest absolute Gasteiger partial charge is 0.418 e. The summed E-state index contributed by atoms with van der Waals surface area (Å²) in [7, 11) is 0. The van der Waals surface area contributed by atoms with E-state index in [9.17, 15) is 9.59 Å². The van der Waals surface area contributed by atoms with E-state index in [1.54, 1.807) is 13.0 Å². The SMILES string of the molecule is CCn1cc(C=C2C(=O)OC(C)(C(C)(C)C)OC2=O)c2ccccc21. The first kappa shape index (κ1) is 17.3. The Morgan fingerprint density at radius 1 is 1.12 bits per heavy atom. The zero-order chi connectivity index (χ0) is 18.4. The molecule has 25 heavy (non-hydrogen) atoms. The summed E-state index contributed by atoms with van der Waals surface area (Å²) in [6.45, 7) is 10.0. The number of cyclic esters (lactones) is 2. The lowest BCUT2D eigenvalue weighted by Gasteiger charge is -2.42. The van der Waals surface area contributed by atoms with Gasteiger partial charge in [0, 0.05) is 41.5 Å². The van der Waals surface area contributed by atoms with Gasteiger partial charge in [0.1, 0.15) is 5.57 Å². The van der Waals surface area contributed by atoms with Crippen molar-refractivity contribution in [3.63, 3.8) is 0 Å². The zero-order valence-corrected chi connectivity index (χ0v) is 15.3. The molecule has 0 unspecified atom stereocenters. The van der Waals surface area contributed by atoms with Gasteiger partial charge in [-0.1, -0.05) is 39.0 Å². The number of esters is 2. The summed E-state index contributed by atoms with van der Waals surface area (Å²) in [6, 6.07) is 7.86. The highest BCUT2D eigenvalue weighted by Gasteiger charge is 2.50. The van der Waals surface area contributed by atoms with Crippen LogP contribution in [-0.4, -0.2) is 22.3 Å². The molecule has 0 atom stereocenters. The number of aryl methyl sites for hydroxylation is 1. The maximum Gasteiger partial charge on any atom is 0.348 e. The van der Waals surface area contributed by atoms with Crippen molar-refractivity contribution in [1.29, 1.82) is 0 Å². The van der Waals surface area contributed by atoms with Gasteiger partial charge in [-0.2, -0.15) is 0 Å². The zero-order valence-electron chi connectivity index (χ0n) is 15.3. The van der Waals surface area contributed by atoms with Crippen LogP contribution in [0.2, 0.25) is 0 Å². The highest BCUT2D eigenvalue weighted by Crippen LogP contribution is 2.39. The van der Waals surface area contributed by atoms with Crippen molar-refractivity contribution in [3.05, 3.63) is 41.6 Å². The Labute approximate surface area is 147 Å². The van der Waals surface area contributed by atoms with E-state index < -0.39 is 23.1 Å². The molecule has 1 aromatic heterocycles. The predicted molar refractivity (Wildman–Crippen MR) is 95.6 cm³/mol. The van der Waals surface area contributed by atoms with Gasteiger partial charge in [0.25, 0.3) is 5.79 Å². The number of nitrogens with zero attached hydrogens (tertiary/aromatic N) is 1. The standard InChI is InChI=1S/C20H23NO4/c1-6-21-12-13(14-9-7-8-10-16(14)21)11-15-17(22)24-20(5,19(2,3)4)25-18(15)23/h7-12H,6H2,1-5H3. The van der Waals surface area contributed by atoms with E-state index in [1.807, 2.05) is 58.2 Å². The first-order valence-electron chi connectivity index (χ1n) is 8.42. The normalized spacial score (nSPS) is 21.2. The van der Waals surface area contributed by atoms with E-state index in [0.717, 1.165) is 23.0 Å². The van der Waals surface area contributed by atoms with E-state index in [2.05, 4.69) is 4.57 Å². The molecular formula is C20H23NO4. The van der Waals surface area contributed by atoms with Crippen LogP contribution in [0.3, 0.4) is 0 Å². The molecule has 1 saturated heterocycles. The molecule has 0 bridgehead atoms. The van der Waals surface area contributed by atoms with Gasteiger partial charge >= 0.3 is 11.9 Å². The molecule has 0 saturated carbocycles. The van der Waals surface area contributed by atoms with Crippen LogP contribution in [-0.2, 0) is 25.6 Å². The van der Waals surface area contributed by atoms with E-state index >= 15 is 0 Å². The van der Waals surface area contributed by atoms with Crippen LogP contribution < -0.4 is 0 Å². The van der Waals surface area contributed by atoms with Crippen molar-refractivity contribution < 1.29 is 19.1 Å². The van der Waals surface area contributed by atoms with Gasteiger partial charge in [0.15, 0.2) is 0 Å². The number of para-hydroxylation sites is 1. The first-order chi connectivity index (χ1) is 11.7. The van der Waals surface area contributed by atoms with Crippen molar-refractivity contribution in [2.24, 2.45) is 5.41 Å². The second-order valence-electron chi connectivity index (χ2n) is 7.42. The van der Waals surface area contributed by atoms with Gasteiger partial charge in [0.05, 0.1) is 0 Å². The van der Waals surface area contributed by atoms with Gasteiger partial charge < -0.3 is 14.0 Å². The monoisotopic (exact) mass is 341 g/mol. The Bertz CT molecular complexity index is 863. The van der Waals surface area contributed by atoms with E-state index in [4.69, 9.17) is 9.47 Å². The number of hydrogen-bond acceptors (Lipinski definition) is 4. The highest BCUT2D eigenvalue weighted by atomic mass is 16.7. The summed E-state index contributed by atoms with van der Waals surface area (Å²) in [6.07, 6.45) is 3.48. The Kier molecular flexibility index (Phi) is 3.98. The third kappa shape index (κ3) is 2.84. The van der Waals surface area contributed by atoms with Gasteiger partial charge in [-0.15, -0.1) is 0 Å². The fourth-order valence-electron chi connectivity index (χ4n) is 2.80. The predicted octanol–water partition coefficient (Wildman–Crippen LogP) is 3.91. The molecule has 1 aliphatic rings. The van der Waals surface area contributed by atoms with Crippen LogP contribution >= 0.6 is 0 Å². The summed E-state index contributed by atoms with van der Waals surface area (Å²) in [5.74, 6) is -2.58. The topological polar surface area (TPSA) is 57.5 Å². The molecular weight excluding hydrogens is 318 g/mol. The molecule has 5 nitrogen and oxygen atoms in total. The lowest BCUT2D eigenvalue weighted by molar-refractivity contribution is -0.261. The van der Waals surface area contributed by atoms with Crippen molar-refractivity contribution >= 4 is 28.9 Å². The van der Waals surface area contributed by atoms with E-state index in [-0.39, 0.29) is 5.57 Å². The lowest BCUT2D eigenvalue weighted by Crippen LogP contribution is -2.52. The Morgan fingerprint density at radius 3 is 2.28 bits per heavy atom. The summed E-state index contributed by atoms with van der Waals surface area (Å²) in [5, 5.41) is 0.974. The number of fused-ring (bicyclic) bond motifs is 1. The molecule has 0 N–H and O–H groups in total. The minimum atomic E-state index is -1.28. The van der Waals surface area contributed by atoms with Crippen LogP contribution in [0.4, 0.5) is 0 Å². The van der Waals surface area contributed by atoms with Gasteiger partial charge in [-0.05, 0) is 19.1 Å². The molecule has 0 radical (unpaired) electrons. The third-order valence-electron chi connectivity index (χ3n) is 4.84. The van der Waals surface area contributed by atoms with Crippen molar-refractivity contribution in [3.8, 4) is 0 Å². The van der Waals surface area contributed by atoms with Crippen LogP contribution in [0.1, 0.15) is 40.2 Å². The molecule has 0 amide bonds. The van der Waals surface area contributed by atoms with Crippen molar-refractivity contribution in [1.82, 2.24) is 4.57 Å². The summed E-state index contributed by atoms with van der Waals surface area (Å²) >= 11 is 0. The number of ether oxygens (including phenoxy) is 2. The molecule has 1 aromatic carbocycles. The molecule has 1 fully saturated rings.